The van der Waals surface area contributed by atoms with Crippen molar-refractivity contribution < 1.29 is 9.00 Å². The summed E-state index contributed by atoms with van der Waals surface area (Å²) in [7, 11) is 0.707. The van der Waals surface area contributed by atoms with E-state index in [1.807, 2.05) is 38.2 Å². The van der Waals surface area contributed by atoms with Crippen molar-refractivity contribution in [1.82, 2.24) is 0 Å². The van der Waals surface area contributed by atoms with Gasteiger partial charge in [0.15, 0.2) is 0 Å². The fourth-order valence-electron chi connectivity index (χ4n) is 4.66. The second kappa shape index (κ2) is 7.30. The van der Waals surface area contributed by atoms with Gasteiger partial charge in [0.1, 0.15) is 0 Å². The first kappa shape index (κ1) is 19.3. The molecule has 1 aliphatic heterocycles. The Hall–Kier alpha value is -1.42. The topological polar surface area (TPSA) is 37.4 Å². The summed E-state index contributed by atoms with van der Waals surface area (Å²) in [4.78, 5) is 15.5. The molecular formula is C22H31NO2S. The lowest BCUT2D eigenvalue weighted by atomic mass is 9.64. The molecule has 3 rings (SSSR count). The minimum Gasteiger partial charge on any atom is -0.314 e. The number of carbonyl (C=O) groups is 1. The van der Waals surface area contributed by atoms with Crippen LogP contribution in [0, 0.1) is 17.3 Å². The summed E-state index contributed by atoms with van der Waals surface area (Å²) in [5.74, 6) is 1.14. The molecule has 0 fully saturated rings. The first-order valence-electron chi connectivity index (χ1n) is 9.67. The lowest BCUT2D eigenvalue weighted by Crippen LogP contribution is -2.37. The largest absolute Gasteiger partial charge is 0.314 e. The molecule has 0 aromatic heterocycles. The molecule has 26 heavy (non-hydrogen) atoms. The zero-order valence-electron chi connectivity index (χ0n) is 16.7. The Morgan fingerprint density at radius 1 is 1.15 bits per heavy atom. The number of fused-ring (bicyclic) bond motifs is 3. The first-order valence-corrected chi connectivity index (χ1v) is 11.0. The van der Waals surface area contributed by atoms with Crippen molar-refractivity contribution >= 4 is 22.4 Å². The van der Waals surface area contributed by atoms with Gasteiger partial charge in [-0.3, -0.25) is 9.00 Å². The third kappa shape index (κ3) is 3.40. The Morgan fingerprint density at radius 2 is 1.85 bits per heavy atom. The molecule has 1 aromatic carbocycles. The van der Waals surface area contributed by atoms with Gasteiger partial charge in [0.05, 0.1) is 21.4 Å². The Morgan fingerprint density at radius 3 is 2.58 bits per heavy atom. The van der Waals surface area contributed by atoms with Crippen molar-refractivity contribution in [1.29, 1.82) is 0 Å². The van der Waals surface area contributed by atoms with E-state index in [1.54, 1.807) is 4.90 Å². The van der Waals surface area contributed by atoms with Crippen LogP contribution in [0.25, 0.3) is 0 Å². The average Bonchev–Trinajstić information content (AvgIpc) is 2.61. The van der Waals surface area contributed by atoms with E-state index in [4.69, 9.17) is 0 Å². The number of amides is 1. The second-order valence-corrected chi connectivity index (χ2v) is 10.00. The Kier molecular flexibility index (Phi) is 5.43. The fourth-order valence-corrected chi connectivity index (χ4v) is 6.46. The normalized spacial score (nSPS) is 29.7. The van der Waals surface area contributed by atoms with Crippen LogP contribution in [0.5, 0.6) is 0 Å². The summed E-state index contributed by atoms with van der Waals surface area (Å²) in [6, 6.07) is 7.69. The number of allylic oxidation sites excluding steroid dienone is 2. The van der Waals surface area contributed by atoms with Crippen LogP contribution in [0.3, 0.4) is 0 Å². The molecule has 1 heterocycles. The Labute approximate surface area is 160 Å². The molecule has 1 aliphatic carbocycles. The minimum atomic E-state index is -1.11. The van der Waals surface area contributed by atoms with Gasteiger partial charge in [-0.25, -0.2) is 0 Å². The van der Waals surface area contributed by atoms with Crippen molar-refractivity contribution in [2.24, 2.45) is 17.3 Å². The second-order valence-electron chi connectivity index (χ2n) is 8.53. The maximum atomic E-state index is 13.3. The molecule has 2 aliphatic rings. The van der Waals surface area contributed by atoms with Gasteiger partial charge in [0.2, 0.25) is 5.91 Å². The molecular weight excluding hydrogens is 342 g/mol. The molecule has 0 spiro atoms. The molecule has 0 radical (unpaired) electrons. The highest BCUT2D eigenvalue weighted by atomic mass is 32.2. The summed E-state index contributed by atoms with van der Waals surface area (Å²) >= 11 is 0. The van der Waals surface area contributed by atoms with Crippen LogP contribution in [0.4, 0.5) is 5.69 Å². The number of rotatable bonds is 0. The van der Waals surface area contributed by atoms with E-state index in [2.05, 4.69) is 20.8 Å². The fraction of sp³-hybridized carbons (Fsp3) is 0.591. The predicted molar refractivity (Wildman–Crippen MR) is 109 cm³/mol. The van der Waals surface area contributed by atoms with E-state index >= 15 is 0 Å². The van der Waals surface area contributed by atoms with E-state index < -0.39 is 10.8 Å². The first-order chi connectivity index (χ1) is 12.2. The van der Waals surface area contributed by atoms with Gasteiger partial charge in [0.25, 0.3) is 0 Å². The number of para-hydroxylation sites is 1. The number of anilines is 1. The van der Waals surface area contributed by atoms with E-state index in [9.17, 15) is 9.00 Å². The molecule has 1 amide bonds. The van der Waals surface area contributed by atoms with Crippen LogP contribution in [0.2, 0.25) is 0 Å². The molecule has 3 atom stereocenters. The Bertz CT molecular complexity index is 765. The number of hydrogen-bond acceptors (Lipinski definition) is 2. The van der Waals surface area contributed by atoms with Gasteiger partial charge in [-0.2, -0.15) is 0 Å². The lowest BCUT2D eigenvalue weighted by molar-refractivity contribution is -0.121. The molecule has 2 bridgehead atoms. The third-order valence-electron chi connectivity index (χ3n) is 6.59. The quantitative estimate of drug-likeness (QED) is 0.604. The molecule has 0 unspecified atom stereocenters. The number of benzene rings is 1. The maximum absolute atomic E-state index is 13.3. The van der Waals surface area contributed by atoms with Gasteiger partial charge >= 0.3 is 0 Å². The molecule has 0 saturated carbocycles. The zero-order chi connectivity index (χ0) is 19.1. The van der Waals surface area contributed by atoms with Gasteiger partial charge in [-0.15, -0.1) is 0 Å². The summed E-state index contributed by atoms with van der Waals surface area (Å²) < 4.78 is 13.3. The van der Waals surface area contributed by atoms with Crippen molar-refractivity contribution in [3.8, 4) is 0 Å². The third-order valence-corrected chi connectivity index (χ3v) is 8.13. The van der Waals surface area contributed by atoms with Crippen molar-refractivity contribution in [3.63, 3.8) is 0 Å². The monoisotopic (exact) mass is 373 g/mol. The highest BCUT2D eigenvalue weighted by molar-refractivity contribution is 7.85. The smallest absolute Gasteiger partial charge is 0.229 e. The number of hydrogen-bond donors (Lipinski definition) is 0. The lowest BCUT2D eigenvalue weighted by Gasteiger charge is -2.43. The van der Waals surface area contributed by atoms with E-state index in [0.29, 0.717) is 11.7 Å². The molecule has 142 valence electrons. The highest BCUT2D eigenvalue weighted by Gasteiger charge is 2.39. The van der Waals surface area contributed by atoms with Gasteiger partial charge < -0.3 is 4.90 Å². The highest BCUT2D eigenvalue weighted by Crippen LogP contribution is 2.48. The van der Waals surface area contributed by atoms with Crippen LogP contribution >= 0.6 is 0 Å². The van der Waals surface area contributed by atoms with Crippen molar-refractivity contribution in [2.75, 3.05) is 17.7 Å². The minimum absolute atomic E-state index is 0.0425. The molecule has 3 nitrogen and oxygen atoms in total. The van der Waals surface area contributed by atoms with Gasteiger partial charge in [-0.1, -0.05) is 44.1 Å². The summed E-state index contributed by atoms with van der Waals surface area (Å²) in [6.45, 7) is 8.88. The van der Waals surface area contributed by atoms with Crippen LogP contribution in [-0.2, 0) is 15.6 Å². The van der Waals surface area contributed by atoms with E-state index in [1.165, 1.54) is 11.1 Å². The molecule has 0 N–H and O–H groups in total. The maximum Gasteiger partial charge on any atom is 0.229 e. The van der Waals surface area contributed by atoms with Gasteiger partial charge in [0, 0.05) is 18.7 Å². The van der Waals surface area contributed by atoms with Crippen LogP contribution in [0.15, 0.2) is 40.3 Å². The molecule has 0 saturated heterocycles. The van der Waals surface area contributed by atoms with Crippen LogP contribution in [0.1, 0.15) is 53.4 Å². The van der Waals surface area contributed by atoms with Crippen molar-refractivity contribution in [3.05, 3.63) is 35.4 Å². The Balaban J connectivity index is 2.09. The molecule has 1 aromatic rings. The van der Waals surface area contributed by atoms with Crippen LogP contribution in [-0.4, -0.2) is 22.9 Å². The number of nitrogens with zero attached hydrogens (tertiary/aromatic N) is 1. The van der Waals surface area contributed by atoms with Crippen LogP contribution < -0.4 is 4.90 Å². The number of carbonyl (C=O) groups excluding carboxylic acids is 1. The molecule has 4 heteroatoms. The summed E-state index contributed by atoms with van der Waals surface area (Å²) in [6.07, 6.45) is 4.02. The summed E-state index contributed by atoms with van der Waals surface area (Å²) in [5, 5.41) is 0. The van der Waals surface area contributed by atoms with Crippen molar-refractivity contribution in [2.45, 2.75) is 58.3 Å². The average molecular weight is 374 g/mol. The van der Waals surface area contributed by atoms with Gasteiger partial charge in [-0.05, 0) is 56.1 Å². The standard InChI is InChI=1S/C22H31NO2S/c1-15-10-12-17-14-26(25)20-9-7-6-8-19(20)23(5)21(24)16(2)11-13-18(15)22(17,3)4/h6-9,16-17H,10-14H2,1-5H3/t16-,17-,26-/m0/s1. The van der Waals surface area contributed by atoms with E-state index in [-0.39, 0.29) is 17.2 Å². The SMILES string of the molecule is CC1=C2CC[C@H](C)C(=O)N(C)c3ccccc3[S@@](=O)C[C@H](CC1)C2(C)C. The predicted octanol–water partition coefficient (Wildman–Crippen LogP) is 4.94. The van der Waals surface area contributed by atoms with E-state index in [0.717, 1.165) is 36.3 Å². The summed E-state index contributed by atoms with van der Waals surface area (Å²) in [5.41, 5.74) is 3.80. The zero-order valence-corrected chi connectivity index (χ0v) is 17.5.